The second-order valence-corrected chi connectivity index (χ2v) is 3.88. The van der Waals surface area contributed by atoms with Gasteiger partial charge in [-0.05, 0) is 5.41 Å². The molecule has 0 rings (SSSR count). The van der Waals surface area contributed by atoms with Gasteiger partial charge in [-0.3, -0.25) is 4.79 Å². The average Bonchev–Trinajstić information content (AvgIpc) is 1.99. The molecule has 0 unspecified atom stereocenters. The van der Waals surface area contributed by atoms with Gasteiger partial charge in [-0.1, -0.05) is 20.8 Å². The second-order valence-electron chi connectivity index (χ2n) is 3.88. The average molecular weight is 228 g/mol. The highest BCUT2D eigenvalue weighted by Gasteiger charge is 2.43. The van der Waals surface area contributed by atoms with Gasteiger partial charge in [0, 0.05) is 0 Å². The van der Waals surface area contributed by atoms with Crippen molar-refractivity contribution in [3.05, 3.63) is 0 Å². The number of nitrogens with one attached hydrogen (secondary N) is 1. The van der Waals surface area contributed by atoms with E-state index < -0.39 is 29.5 Å². The molecule has 0 aliphatic rings. The van der Waals surface area contributed by atoms with E-state index in [1.807, 2.05) is 0 Å². The van der Waals surface area contributed by atoms with Crippen LogP contribution in [0, 0.1) is 5.41 Å². The smallest absolute Gasteiger partial charge is 0.471 e. The van der Waals surface area contributed by atoms with Gasteiger partial charge in [0.25, 0.3) is 0 Å². The van der Waals surface area contributed by atoms with E-state index >= 15 is 0 Å². The van der Waals surface area contributed by atoms with Crippen LogP contribution < -0.4 is 5.32 Å². The van der Waals surface area contributed by atoms with E-state index in [9.17, 15) is 22.8 Å². The van der Waals surface area contributed by atoms with Crippen molar-refractivity contribution in [3.8, 4) is 0 Å². The monoisotopic (exact) mass is 228 g/mol. The van der Waals surface area contributed by atoms with Crippen molar-refractivity contribution in [2.24, 2.45) is 5.41 Å². The van der Waals surface area contributed by atoms with Crippen molar-refractivity contribution in [3.63, 3.8) is 0 Å². The fourth-order valence-corrected chi connectivity index (χ4v) is 0.746. The molecule has 0 aliphatic heterocycles. The zero-order valence-corrected chi connectivity index (χ0v) is 8.40. The maximum atomic E-state index is 11.9. The van der Waals surface area contributed by atoms with Crippen LogP contribution in [0.3, 0.4) is 0 Å². The number of hydrogen-bond acceptors (Lipinski definition) is 2. The first-order valence-electron chi connectivity index (χ1n) is 4.45. The Morgan fingerprint density at radius 3 is 1.93 bits per heavy atom. The number of amides is 1. The molecule has 0 fully saturated rings. The Morgan fingerprint density at radius 1 is 1.33 bits per heavy atom. The molecule has 0 aromatic heterocycles. The molecule has 7 heteroatoms. The van der Waals surface area contributed by atoms with Crippen molar-refractivity contribution < 1.29 is 29.2 Å². The summed E-state index contributed by atoms with van der Waals surface area (Å²) < 4.78 is 43.2. The first-order chi connectivity index (χ1) is 6.82. The number of carbonyl (C=O) groups is 2. The largest absolute Gasteiger partial charge is 0.480 e. The molecular formula is C8H12F3NO3. The normalized spacial score (nSPS) is 17.6. The number of rotatable bonds is 2. The lowest BCUT2D eigenvalue weighted by molar-refractivity contribution is -0.176. The molecule has 0 radical (unpaired) electrons. The molecule has 0 bridgehead atoms. The molecule has 4 nitrogen and oxygen atoms in total. The lowest BCUT2D eigenvalue weighted by Gasteiger charge is -2.27. The van der Waals surface area contributed by atoms with Crippen LogP contribution in [0.5, 0.6) is 0 Å². The predicted octanol–water partition coefficient (Wildman–Crippen LogP) is 1.16. The first kappa shape index (κ1) is 11.8. The summed E-state index contributed by atoms with van der Waals surface area (Å²) in [7, 11) is 0. The van der Waals surface area contributed by atoms with Crippen LogP contribution in [0.15, 0.2) is 0 Å². The van der Waals surface area contributed by atoms with E-state index in [1.54, 1.807) is 0 Å². The lowest BCUT2D eigenvalue weighted by Crippen LogP contribution is -2.52. The Balaban J connectivity index is 5.15. The molecule has 0 spiro atoms. The molecule has 0 saturated carbocycles. The zero-order chi connectivity index (χ0) is 13.4. The number of halogens is 3. The topological polar surface area (TPSA) is 66.4 Å². The Labute approximate surface area is 85.9 Å². The molecule has 1 amide bonds. The van der Waals surface area contributed by atoms with Gasteiger partial charge in [0.05, 0.1) is 1.37 Å². The van der Waals surface area contributed by atoms with Crippen molar-refractivity contribution in [2.45, 2.75) is 33.0 Å². The van der Waals surface area contributed by atoms with Gasteiger partial charge in [-0.15, -0.1) is 0 Å². The highest BCUT2D eigenvalue weighted by Crippen LogP contribution is 2.22. The van der Waals surface area contributed by atoms with Gasteiger partial charge < -0.3 is 10.4 Å². The Hall–Kier alpha value is -1.27. The molecule has 88 valence electrons. The number of carboxylic acid groups (broad SMARTS) is 1. The molecule has 0 aromatic carbocycles. The van der Waals surface area contributed by atoms with Crippen molar-refractivity contribution in [1.82, 2.24) is 5.32 Å². The van der Waals surface area contributed by atoms with E-state index in [2.05, 4.69) is 0 Å². The maximum Gasteiger partial charge on any atom is 0.471 e. The van der Waals surface area contributed by atoms with Crippen LogP contribution in [0.2, 0.25) is 0 Å². The van der Waals surface area contributed by atoms with E-state index in [1.165, 1.54) is 26.1 Å². The molecule has 15 heavy (non-hydrogen) atoms. The number of carbonyl (C=O) groups excluding carboxylic acids is 1. The Bertz CT molecular complexity index is 311. The fourth-order valence-electron chi connectivity index (χ4n) is 0.746. The third kappa shape index (κ3) is 4.18. The zero-order valence-electron chi connectivity index (χ0n) is 9.40. The van der Waals surface area contributed by atoms with Crippen LogP contribution in [0.4, 0.5) is 13.2 Å². The van der Waals surface area contributed by atoms with E-state index in [0.29, 0.717) is 0 Å². The van der Waals surface area contributed by atoms with E-state index in [-0.39, 0.29) is 0 Å². The first-order valence-corrected chi connectivity index (χ1v) is 3.95. The number of carboxylic acids is 1. The quantitative estimate of drug-likeness (QED) is 0.745. The van der Waals surface area contributed by atoms with Crippen LogP contribution in [-0.4, -0.2) is 29.2 Å². The SMILES string of the molecule is [2H][C@@](NC(=O)C(F)(F)F)(C(=O)O)C(C)(C)C. The molecular weight excluding hydrogens is 215 g/mol. The number of aliphatic carboxylic acids is 1. The summed E-state index contributed by atoms with van der Waals surface area (Å²) in [4.78, 5) is 21.4. The standard InChI is InChI=1S/C8H12F3NO3/c1-7(2,3)4(5(13)14)12-6(15)8(9,10)11/h4H,1-3H3,(H,12,15)(H,13,14)/t4-/m1/s1/i4D. The van der Waals surface area contributed by atoms with Crippen LogP contribution in [-0.2, 0) is 9.59 Å². The summed E-state index contributed by atoms with van der Waals surface area (Å²) in [5.74, 6) is -4.29. The predicted molar refractivity (Wildman–Crippen MR) is 45.1 cm³/mol. The minimum Gasteiger partial charge on any atom is -0.480 e. The van der Waals surface area contributed by atoms with Gasteiger partial charge in [-0.25, -0.2) is 4.79 Å². The number of alkyl halides is 3. The summed E-state index contributed by atoms with van der Waals surface area (Å²) in [5, 5.41) is 9.89. The summed E-state index contributed by atoms with van der Waals surface area (Å²) in [6.07, 6.45) is -5.22. The van der Waals surface area contributed by atoms with Gasteiger partial charge in [0.2, 0.25) is 0 Å². The Kier molecular flexibility index (Phi) is 3.21. The van der Waals surface area contributed by atoms with Gasteiger partial charge in [-0.2, -0.15) is 13.2 Å². The number of hydrogen-bond donors (Lipinski definition) is 2. The maximum absolute atomic E-state index is 11.9. The second kappa shape index (κ2) is 4.08. The minimum absolute atomic E-state index is 1.18. The molecule has 0 saturated heterocycles. The van der Waals surface area contributed by atoms with Crippen molar-refractivity contribution in [1.29, 1.82) is 0 Å². The van der Waals surface area contributed by atoms with Gasteiger partial charge in [0.15, 0.2) is 0 Å². The third-order valence-corrected chi connectivity index (χ3v) is 1.46. The van der Waals surface area contributed by atoms with Crippen molar-refractivity contribution in [2.75, 3.05) is 0 Å². The lowest BCUT2D eigenvalue weighted by atomic mass is 9.87. The third-order valence-electron chi connectivity index (χ3n) is 1.46. The Morgan fingerprint density at radius 2 is 1.73 bits per heavy atom. The summed E-state index contributed by atoms with van der Waals surface area (Å²) in [5.41, 5.74) is -1.39. The molecule has 0 aromatic rings. The van der Waals surface area contributed by atoms with Crippen LogP contribution in [0.1, 0.15) is 22.1 Å². The highest BCUT2D eigenvalue weighted by molar-refractivity contribution is 5.87. The van der Waals surface area contributed by atoms with Crippen molar-refractivity contribution >= 4 is 11.9 Å². The van der Waals surface area contributed by atoms with Crippen LogP contribution >= 0.6 is 0 Å². The van der Waals surface area contributed by atoms with E-state index in [0.717, 1.165) is 0 Å². The summed E-state index contributed by atoms with van der Waals surface area (Å²) in [6.45, 7) is 3.72. The van der Waals surface area contributed by atoms with Crippen LogP contribution in [0.25, 0.3) is 0 Å². The van der Waals surface area contributed by atoms with Gasteiger partial charge >= 0.3 is 18.1 Å². The molecule has 1 atom stereocenters. The fraction of sp³-hybridized carbons (Fsp3) is 0.750. The molecule has 0 heterocycles. The summed E-state index contributed by atoms with van der Waals surface area (Å²) in [6, 6.07) is -2.74. The minimum atomic E-state index is -5.22. The van der Waals surface area contributed by atoms with E-state index in [4.69, 9.17) is 6.48 Å². The molecule has 0 aliphatic carbocycles. The van der Waals surface area contributed by atoms with Gasteiger partial charge in [0.1, 0.15) is 6.02 Å². The molecule has 2 N–H and O–H groups in total. The highest BCUT2D eigenvalue weighted by atomic mass is 19.4. The summed E-state index contributed by atoms with van der Waals surface area (Å²) >= 11 is 0.